The number of hydrogen-bond donors (Lipinski definition) is 2. The van der Waals surface area contributed by atoms with E-state index in [-0.39, 0.29) is 23.7 Å². The molecule has 2 aromatic rings. The molecule has 0 saturated carbocycles. The Hall–Kier alpha value is -2.89. The van der Waals surface area contributed by atoms with Gasteiger partial charge in [0.05, 0.1) is 6.04 Å². The van der Waals surface area contributed by atoms with E-state index in [0.29, 0.717) is 17.7 Å². The van der Waals surface area contributed by atoms with Crippen LogP contribution in [0.15, 0.2) is 48.5 Å². The molecule has 2 atom stereocenters. The van der Waals surface area contributed by atoms with E-state index in [4.69, 9.17) is 9.84 Å². The van der Waals surface area contributed by atoms with Gasteiger partial charge in [-0.1, -0.05) is 37.3 Å². The van der Waals surface area contributed by atoms with E-state index >= 15 is 0 Å². The second-order valence-electron chi connectivity index (χ2n) is 6.18. The van der Waals surface area contributed by atoms with Crippen molar-refractivity contribution in [1.82, 2.24) is 5.32 Å². The smallest absolute Gasteiger partial charge is 0.341 e. The van der Waals surface area contributed by atoms with E-state index in [9.17, 15) is 14.0 Å². The number of ether oxygens (including phenoxy) is 1. The number of carboxylic acids is 1. The van der Waals surface area contributed by atoms with E-state index in [2.05, 4.69) is 5.32 Å². The van der Waals surface area contributed by atoms with Crippen LogP contribution in [-0.4, -0.2) is 23.6 Å². The molecule has 6 heteroatoms. The summed E-state index contributed by atoms with van der Waals surface area (Å²) < 4.78 is 18.8. The molecule has 0 fully saturated rings. The zero-order valence-corrected chi connectivity index (χ0v) is 14.7. The summed E-state index contributed by atoms with van der Waals surface area (Å²) in [5.41, 5.74) is 1.38. The predicted molar refractivity (Wildman–Crippen MR) is 95.4 cm³/mol. The minimum atomic E-state index is -1.04. The number of amides is 1. The lowest BCUT2D eigenvalue weighted by molar-refractivity contribution is -0.139. The molecule has 0 radical (unpaired) electrons. The van der Waals surface area contributed by atoms with E-state index in [1.54, 1.807) is 49.4 Å². The van der Waals surface area contributed by atoms with Gasteiger partial charge in [-0.3, -0.25) is 4.79 Å². The standard InChI is InChI=1S/C20H22FNO4/c1-13(11-16-5-3-4-6-18(16)21)20(25)22-14(2)15-7-9-17(10-8-15)26-12-19(23)24/h3-10,13-14H,11-12H2,1-2H3,(H,22,25)(H,23,24). The highest BCUT2D eigenvalue weighted by Crippen LogP contribution is 2.19. The zero-order valence-electron chi connectivity index (χ0n) is 14.7. The molecule has 0 aromatic heterocycles. The summed E-state index contributed by atoms with van der Waals surface area (Å²) >= 11 is 0. The molecule has 0 aliphatic carbocycles. The van der Waals surface area contributed by atoms with Gasteiger partial charge in [-0.15, -0.1) is 0 Å². The van der Waals surface area contributed by atoms with Gasteiger partial charge >= 0.3 is 5.97 Å². The predicted octanol–water partition coefficient (Wildman–Crippen LogP) is 3.35. The molecular weight excluding hydrogens is 337 g/mol. The van der Waals surface area contributed by atoms with Gasteiger partial charge in [0, 0.05) is 5.92 Å². The maximum Gasteiger partial charge on any atom is 0.341 e. The van der Waals surface area contributed by atoms with E-state index < -0.39 is 12.6 Å². The van der Waals surface area contributed by atoms with Crippen molar-refractivity contribution in [3.8, 4) is 5.75 Å². The fourth-order valence-corrected chi connectivity index (χ4v) is 2.52. The average molecular weight is 359 g/mol. The van der Waals surface area contributed by atoms with Gasteiger partial charge in [-0.2, -0.15) is 0 Å². The number of carbonyl (C=O) groups excluding carboxylic acids is 1. The van der Waals surface area contributed by atoms with Crippen molar-refractivity contribution in [3.63, 3.8) is 0 Å². The minimum absolute atomic E-state index is 0.160. The van der Waals surface area contributed by atoms with E-state index in [0.717, 1.165) is 5.56 Å². The summed E-state index contributed by atoms with van der Waals surface area (Å²) in [5, 5.41) is 11.5. The Morgan fingerprint density at radius 2 is 1.77 bits per heavy atom. The highest BCUT2D eigenvalue weighted by Gasteiger charge is 2.18. The fourth-order valence-electron chi connectivity index (χ4n) is 2.52. The SMILES string of the molecule is CC(Cc1ccccc1F)C(=O)NC(C)c1ccc(OCC(=O)O)cc1. The lowest BCUT2D eigenvalue weighted by Gasteiger charge is -2.18. The lowest BCUT2D eigenvalue weighted by atomic mass is 9.99. The van der Waals surface area contributed by atoms with Crippen LogP contribution in [0.4, 0.5) is 4.39 Å². The van der Waals surface area contributed by atoms with Gasteiger partial charge in [0.1, 0.15) is 11.6 Å². The van der Waals surface area contributed by atoms with Crippen LogP contribution in [0, 0.1) is 11.7 Å². The number of halogens is 1. The number of carboxylic acid groups (broad SMARTS) is 1. The van der Waals surface area contributed by atoms with Crippen molar-refractivity contribution in [2.75, 3.05) is 6.61 Å². The summed E-state index contributed by atoms with van der Waals surface area (Å²) in [6.45, 7) is 3.21. The molecule has 0 spiro atoms. The van der Waals surface area contributed by atoms with E-state index in [1.165, 1.54) is 6.07 Å². The molecule has 2 N–H and O–H groups in total. The topological polar surface area (TPSA) is 75.6 Å². The van der Waals surface area contributed by atoms with Crippen molar-refractivity contribution in [2.45, 2.75) is 26.3 Å². The molecule has 2 rings (SSSR count). The largest absolute Gasteiger partial charge is 0.482 e. The summed E-state index contributed by atoms with van der Waals surface area (Å²) in [4.78, 5) is 22.9. The molecule has 5 nitrogen and oxygen atoms in total. The van der Waals surface area contributed by atoms with E-state index in [1.807, 2.05) is 6.92 Å². The Kier molecular flexibility index (Phi) is 6.72. The van der Waals surface area contributed by atoms with Crippen LogP contribution in [-0.2, 0) is 16.0 Å². The monoisotopic (exact) mass is 359 g/mol. The fraction of sp³-hybridized carbons (Fsp3) is 0.300. The van der Waals surface area contributed by atoms with Crippen LogP contribution in [0.25, 0.3) is 0 Å². The number of nitrogens with one attached hydrogen (secondary N) is 1. The first kappa shape index (κ1) is 19.4. The summed E-state index contributed by atoms with van der Waals surface area (Å²) in [5.74, 6) is -1.43. The average Bonchev–Trinajstić information content (AvgIpc) is 2.62. The van der Waals surface area contributed by atoms with Crippen LogP contribution < -0.4 is 10.1 Å². The van der Waals surface area contributed by atoms with Crippen molar-refractivity contribution in [1.29, 1.82) is 0 Å². The van der Waals surface area contributed by atoms with Crippen LogP contribution in [0.5, 0.6) is 5.75 Å². The van der Waals surface area contributed by atoms with Crippen molar-refractivity contribution in [3.05, 3.63) is 65.5 Å². The Morgan fingerprint density at radius 3 is 2.38 bits per heavy atom. The Morgan fingerprint density at radius 1 is 1.12 bits per heavy atom. The molecule has 0 aliphatic rings. The Bertz CT molecular complexity index is 761. The van der Waals surface area contributed by atoms with Crippen LogP contribution in [0.2, 0.25) is 0 Å². The molecule has 0 bridgehead atoms. The van der Waals surface area contributed by atoms with Gasteiger partial charge < -0.3 is 15.2 Å². The van der Waals surface area contributed by atoms with Crippen molar-refractivity contribution in [2.24, 2.45) is 5.92 Å². The number of aliphatic carboxylic acids is 1. The third-order valence-corrected chi connectivity index (χ3v) is 4.03. The summed E-state index contributed by atoms with van der Waals surface area (Å²) in [6.07, 6.45) is 0.327. The minimum Gasteiger partial charge on any atom is -0.482 e. The lowest BCUT2D eigenvalue weighted by Crippen LogP contribution is -2.32. The molecule has 0 heterocycles. The first-order valence-electron chi connectivity index (χ1n) is 8.35. The number of hydrogen-bond acceptors (Lipinski definition) is 3. The third-order valence-electron chi connectivity index (χ3n) is 4.03. The van der Waals surface area contributed by atoms with Gasteiger partial charge in [0.2, 0.25) is 5.91 Å². The van der Waals surface area contributed by atoms with Gasteiger partial charge in [0.25, 0.3) is 0 Å². The summed E-state index contributed by atoms with van der Waals surface area (Å²) in [7, 11) is 0. The maximum absolute atomic E-state index is 13.7. The first-order valence-corrected chi connectivity index (χ1v) is 8.35. The quantitative estimate of drug-likeness (QED) is 0.758. The Balaban J connectivity index is 1.91. The molecular formula is C20H22FNO4. The summed E-state index contributed by atoms with van der Waals surface area (Å²) in [6, 6.07) is 13.0. The van der Waals surface area contributed by atoms with Crippen LogP contribution in [0.1, 0.15) is 31.0 Å². The first-order chi connectivity index (χ1) is 12.4. The zero-order chi connectivity index (χ0) is 19.1. The van der Waals surface area contributed by atoms with Crippen molar-refractivity contribution < 1.29 is 23.8 Å². The second kappa shape index (κ2) is 8.99. The molecule has 26 heavy (non-hydrogen) atoms. The van der Waals surface area contributed by atoms with Gasteiger partial charge in [-0.25, -0.2) is 9.18 Å². The number of rotatable bonds is 8. The maximum atomic E-state index is 13.7. The molecule has 1 amide bonds. The molecule has 2 aromatic carbocycles. The molecule has 0 aliphatic heterocycles. The number of carbonyl (C=O) groups is 2. The Labute approximate surface area is 151 Å². The highest BCUT2D eigenvalue weighted by molar-refractivity contribution is 5.79. The van der Waals surface area contributed by atoms with Crippen LogP contribution in [0.3, 0.4) is 0 Å². The number of benzene rings is 2. The highest BCUT2D eigenvalue weighted by atomic mass is 19.1. The van der Waals surface area contributed by atoms with Gasteiger partial charge in [-0.05, 0) is 42.7 Å². The van der Waals surface area contributed by atoms with Gasteiger partial charge in [0.15, 0.2) is 6.61 Å². The molecule has 138 valence electrons. The van der Waals surface area contributed by atoms with Crippen LogP contribution >= 0.6 is 0 Å². The normalized spacial score (nSPS) is 12.9. The second-order valence-corrected chi connectivity index (χ2v) is 6.18. The molecule has 2 unspecified atom stereocenters. The van der Waals surface area contributed by atoms with Crippen molar-refractivity contribution >= 4 is 11.9 Å². The molecule has 0 saturated heterocycles. The third kappa shape index (κ3) is 5.58.